The Morgan fingerprint density at radius 2 is 1.84 bits per heavy atom. The van der Waals surface area contributed by atoms with Crippen LogP contribution >= 0.6 is 0 Å². The van der Waals surface area contributed by atoms with E-state index < -0.39 is 15.6 Å². The van der Waals surface area contributed by atoms with Crippen LogP contribution in [0.2, 0.25) is 0 Å². The second-order valence-electron chi connectivity index (χ2n) is 10.6. The Labute approximate surface area is 219 Å². The molecule has 9 heteroatoms. The van der Waals surface area contributed by atoms with Crippen molar-refractivity contribution in [3.63, 3.8) is 0 Å². The fourth-order valence-corrected chi connectivity index (χ4v) is 6.83. The number of nitrogens with zero attached hydrogens (tertiary/aromatic N) is 1. The van der Waals surface area contributed by atoms with Crippen LogP contribution in [0.15, 0.2) is 33.5 Å². The fourth-order valence-electron chi connectivity index (χ4n) is 5.73. The van der Waals surface area contributed by atoms with E-state index in [2.05, 4.69) is 9.62 Å². The lowest BCUT2D eigenvalue weighted by Gasteiger charge is -2.26. The summed E-state index contributed by atoms with van der Waals surface area (Å²) in [6, 6.07) is 7.26. The number of aryl methyl sites for hydroxylation is 1. The lowest BCUT2D eigenvalue weighted by molar-refractivity contribution is 0.0381. The van der Waals surface area contributed by atoms with Gasteiger partial charge < -0.3 is 14.3 Å². The minimum Gasteiger partial charge on any atom is -0.507 e. The summed E-state index contributed by atoms with van der Waals surface area (Å²) in [7, 11) is -3.52. The van der Waals surface area contributed by atoms with Crippen molar-refractivity contribution in [1.29, 1.82) is 0 Å². The highest BCUT2D eigenvalue weighted by Crippen LogP contribution is 2.49. The topological polar surface area (TPSA) is 109 Å². The number of nitrogens with one attached hydrogen (secondary N) is 1. The number of hydrogen-bond acceptors (Lipinski definition) is 7. The Morgan fingerprint density at radius 3 is 2.59 bits per heavy atom. The Morgan fingerprint density at radius 1 is 1.08 bits per heavy atom. The lowest BCUT2D eigenvalue weighted by Crippen LogP contribution is -2.37. The summed E-state index contributed by atoms with van der Waals surface area (Å²) in [4.78, 5) is 15.4. The Bertz CT molecular complexity index is 1250. The van der Waals surface area contributed by atoms with Gasteiger partial charge in [-0.05, 0) is 68.7 Å². The van der Waals surface area contributed by atoms with Gasteiger partial charge in [-0.15, -0.1) is 0 Å². The van der Waals surface area contributed by atoms with Gasteiger partial charge in [0.15, 0.2) is 0 Å². The van der Waals surface area contributed by atoms with E-state index in [-0.39, 0.29) is 23.3 Å². The number of anilines is 1. The molecule has 2 aliphatic carbocycles. The Kier molecular flexibility index (Phi) is 8.21. The van der Waals surface area contributed by atoms with Crippen LogP contribution in [0.25, 0.3) is 0 Å². The molecule has 2 fully saturated rings. The molecule has 202 valence electrons. The van der Waals surface area contributed by atoms with Crippen LogP contribution < -0.4 is 10.3 Å². The van der Waals surface area contributed by atoms with Crippen LogP contribution in [0.5, 0.6) is 5.75 Å². The molecule has 8 nitrogen and oxygen atoms in total. The van der Waals surface area contributed by atoms with E-state index >= 15 is 0 Å². The van der Waals surface area contributed by atoms with Gasteiger partial charge >= 0.3 is 5.63 Å². The first-order valence-corrected chi connectivity index (χ1v) is 15.3. The number of morpholine rings is 1. The molecule has 1 saturated heterocycles. The molecule has 0 radical (unpaired) electrons. The maximum absolute atomic E-state index is 13.2. The zero-order valence-corrected chi connectivity index (χ0v) is 22.2. The molecule has 37 heavy (non-hydrogen) atoms. The van der Waals surface area contributed by atoms with E-state index in [1.165, 1.54) is 0 Å². The van der Waals surface area contributed by atoms with E-state index in [9.17, 15) is 18.3 Å². The van der Waals surface area contributed by atoms with Crippen molar-refractivity contribution in [2.24, 2.45) is 5.92 Å². The van der Waals surface area contributed by atoms with Crippen molar-refractivity contribution < 1.29 is 22.7 Å². The molecule has 2 N–H and O–H groups in total. The predicted molar refractivity (Wildman–Crippen MR) is 143 cm³/mol. The molecule has 1 aromatic heterocycles. The predicted octanol–water partition coefficient (Wildman–Crippen LogP) is 4.01. The van der Waals surface area contributed by atoms with Gasteiger partial charge in [0.05, 0.1) is 24.5 Å². The maximum atomic E-state index is 13.2. The first kappa shape index (κ1) is 26.3. The average Bonchev–Trinajstić information content (AvgIpc) is 3.68. The van der Waals surface area contributed by atoms with Crippen LogP contribution in [0.4, 0.5) is 5.69 Å². The number of rotatable bonds is 9. The van der Waals surface area contributed by atoms with E-state index in [0.29, 0.717) is 49.5 Å². The molecule has 1 aliphatic heterocycles. The van der Waals surface area contributed by atoms with Gasteiger partial charge in [-0.1, -0.05) is 25.0 Å². The van der Waals surface area contributed by atoms with E-state index in [0.717, 1.165) is 69.3 Å². The third-order valence-electron chi connectivity index (χ3n) is 7.81. The molecule has 2 aromatic rings. The summed E-state index contributed by atoms with van der Waals surface area (Å²) in [6.07, 6.45) is 7.97. The van der Waals surface area contributed by atoms with E-state index in [4.69, 9.17) is 9.15 Å². The van der Waals surface area contributed by atoms with Crippen LogP contribution in [-0.2, 0) is 27.6 Å². The van der Waals surface area contributed by atoms with Gasteiger partial charge in [0.1, 0.15) is 11.5 Å². The standard InChI is InChI=1S/C28H38N2O6S/c31-27-23-9-3-1-2-4-10-24(23)36-28(32)26(27)25(20-11-12-20)21-7-5-8-22(19-21)29-37(33,34)18-6-13-30-14-16-35-17-15-30/h5,7-8,19-20,25,29,31H,1-4,6,9-18H2. The molecule has 1 saturated carbocycles. The summed E-state index contributed by atoms with van der Waals surface area (Å²) in [5.74, 6) is 0.646. The number of ether oxygens (including phenoxy) is 1. The highest BCUT2D eigenvalue weighted by molar-refractivity contribution is 7.92. The first-order chi connectivity index (χ1) is 17.9. The molecule has 1 atom stereocenters. The molecule has 1 aromatic carbocycles. The minimum absolute atomic E-state index is 0.0375. The smallest absolute Gasteiger partial charge is 0.343 e. The number of fused-ring (bicyclic) bond motifs is 1. The van der Waals surface area contributed by atoms with Crippen LogP contribution in [0.1, 0.15) is 73.3 Å². The average molecular weight is 531 g/mol. The zero-order chi connectivity index (χ0) is 25.8. The highest BCUT2D eigenvalue weighted by atomic mass is 32.2. The van der Waals surface area contributed by atoms with Crippen molar-refractivity contribution in [1.82, 2.24) is 4.90 Å². The highest BCUT2D eigenvalue weighted by Gasteiger charge is 2.38. The molecule has 3 aliphatic rings. The first-order valence-electron chi connectivity index (χ1n) is 13.7. The van der Waals surface area contributed by atoms with Crippen LogP contribution in [0, 0.1) is 5.92 Å². The van der Waals surface area contributed by atoms with Gasteiger partial charge in [0, 0.05) is 36.7 Å². The fraction of sp³-hybridized carbons (Fsp3) is 0.607. The number of hydrogen-bond donors (Lipinski definition) is 2. The van der Waals surface area contributed by atoms with Crippen molar-refractivity contribution in [2.45, 2.75) is 63.7 Å². The van der Waals surface area contributed by atoms with Crippen LogP contribution in [0.3, 0.4) is 0 Å². The van der Waals surface area contributed by atoms with Gasteiger partial charge in [-0.2, -0.15) is 0 Å². The zero-order valence-electron chi connectivity index (χ0n) is 21.4. The molecule has 2 heterocycles. The molecule has 0 bridgehead atoms. The maximum Gasteiger partial charge on any atom is 0.343 e. The number of aromatic hydroxyl groups is 1. The summed E-state index contributed by atoms with van der Waals surface area (Å²) in [5.41, 5.74) is 1.93. The summed E-state index contributed by atoms with van der Waals surface area (Å²) in [6.45, 7) is 3.78. The quantitative estimate of drug-likeness (QED) is 0.504. The third kappa shape index (κ3) is 6.56. The second kappa shape index (κ2) is 11.6. The molecular formula is C28H38N2O6S. The molecule has 0 spiro atoms. The molecular weight excluding hydrogens is 492 g/mol. The van der Waals surface area contributed by atoms with E-state index in [1.807, 2.05) is 12.1 Å². The molecule has 1 unspecified atom stereocenters. The largest absolute Gasteiger partial charge is 0.507 e. The summed E-state index contributed by atoms with van der Waals surface area (Å²) >= 11 is 0. The van der Waals surface area contributed by atoms with Gasteiger partial charge in [-0.25, -0.2) is 13.2 Å². The SMILES string of the molecule is O=c1oc2c(c(O)c1C(c1cccc(NS(=O)(=O)CCCN3CCOCC3)c1)C1CC1)CCCCCC2. The van der Waals surface area contributed by atoms with Crippen molar-refractivity contribution in [3.8, 4) is 5.75 Å². The van der Waals surface area contributed by atoms with Crippen molar-refractivity contribution >= 4 is 15.7 Å². The molecule has 0 amide bonds. The summed E-state index contributed by atoms with van der Waals surface area (Å²) in [5, 5.41) is 11.3. The lowest BCUT2D eigenvalue weighted by atomic mass is 9.85. The number of benzene rings is 1. The second-order valence-corrected chi connectivity index (χ2v) is 12.5. The monoisotopic (exact) mass is 530 g/mol. The van der Waals surface area contributed by atoms with Gasteiger partial charge in [0.2, 0.25) is 10.0 Å². The Hall–Kier alpha value is -2.36. The third-order valence-corrected chi connectivity index (χ3v) is 9.18. The van der Waals surface area contributed by atoms with Crippen LogP contribution in [-0.4, -0.2) is 57.0 Å². The van der Waals surface area contributed by atoms with Gasteiger partial charge in [0.25, 0.3) is 0 Å². The minimum atomic E-state index is -3.52. The Balaban J connectivity index is 1.35. The number of sulfonamides is 1. The van der Waals surface area contributed by atoms with Crippen molar-refractivity contribution in [3.05, 3.63) is 57.1 Å². The normalized spacial score (nSPS) is 20.0. The summed E-state index contributed by atoms with van der Waals surface area (Å²) < 4.78 is 39.5. The van der Waals surface area contributed by atoms with E-state index in [1.54, 1.807) is 12.1 Å². The molecule has 5 rings (SSSR count). The van der Waals surface area contributed by atoms with Gasteiger partial charge in [-0.3, -0.25) is 9.62 Å². The van der Waals surface area contributed by atoms with Crippen molar-refractivity contribution in [2.75, 3.05) is 43.3 Å².